The van der Waals surface area contributed by atoms with E-state index >= 15 is 0 Å². The average molecular weight is 1310 g/mol. The van der Waals surface area contributed by atoms with E-state index in [1.54, 1.807) is 6.07 Å². The van der Waals surface area contributed by atoms with Gasteiger partial charge in [-0.05, 0) is 115 Å². The van der Waals surface area contributed by atoms with Crippen molar-refractivity contribution in [3.8, 4) is 50.7 Å². The number of hydrogen-bond acceptors (Lipinski definition) is 5. The number of ether oxygens (including phenoxy) is 1. The van der Waals surface area contributed by atoms with Crippen molar-refractivity contribution in [2.75, 3.05) is 9.80 Å². The molecule has 0 fully saturated rings. The second-order valence-electron chi connectivity index (χ2n) is 26.6. The Hall–Kier alpha value is -8.69. The first-order chi connectivity index (χ1) is 41.4. The Balaban J connectivity index is 0.00000754. The molecule has 1 aliphatic rings. The quantitative estimate of drug-likeness (QED) is 0.135. The molecule has 0 radical (unpaired) electrons. The van der Waals surface area contributed by atoms with Crippen molar-refractivity contribution in [3.63, 3.8) is 0 Å². The van der Waals surface area contributed by atoms with Gasteiger partial charge in [-0.2, -0.15) is 12.1 Å². The van der Waals surface area contributed by atoms with Gasteiger partial charge in [0, 0.05) is 91.5 Å². The second-order valence-corrected chi connectivity index (χ2v) is 26.6. The van der Waals surface area contributed by atoms with Crippen molar-refractivity contribution in [1.29, 1.82) is 0 Å². The van der Waals surface area contributed by atoms with E-state index in [1.807, 2.05) is 80.1 Å². The summed E-state index contributed by atoms with van der Waals surface area (Å²) in [5.41, 5.74) is 15.9. The zero-order valence-electron chi connectivity index (χ0n) is 52.8. The maximum Gasteiger partial charge on any atom is 0.229 e. The van der Waals surface area contributed by atoms with Crippen LogP contribution in [-0.4, -0.2) is 9.55 Å². The fourth-order valence-electron chi connectivity index (χ4n) is 11.8. The van der Waals surface area contributed by atoms with Gasteiger partial charge in [-0.1, -0.05) is 203 Å². The molecule has 432 valence electrons. The van der Waals surface area contributed by atoms with E-state index in [2.05, 4.69) is 223 Å². The van der Waals surface area contributed by atoms with Crippen LogP contribution in [0, 0.1) is 30.8 Å². The molecule has 0 bridgehead atoms. The minimum atomic E-state index is -1.82. The van der Waals surface area contributed by atoms with E-state index in [0.29, 0.717) is 45.3 Å². The van der Waals surface area contributed by atoms with Gasteiger partial charge in [-0.25, -0.2) is 9.83 Å². The number of anilines is 4. The molecule has 0 atom stereocenters. The molecular formula is C78H70N5O2Pt-3. The molecule has 1 aliphatic heterocycles. The van der Waals surface area contributed by atoms with Crippen LogP contribution < -0.4 is 14.5 Å². The smallest absolute Gasteiger partial charge is 0.229 e. The molecular weight excluding hydrogens is 1230 g/mol. The van der Waals surface area contributed by atoms with E-state index in [-0.39, 0.29) is 37.3 Å². The topological polar surface area (TPSA) is 51.0 Å². The third-order valence-corrected chi connectivity index (χ3v) is 16.2. The van der Waals surface area contributed by atoms with Crippen molar-refractivity contribution < 1.29 is 33.0 Å². The van der Waals surface area contributed by atoms with Crippen molar-refractivity contribution in [1.82, 2.24) is 9.55 Å². The fraction of sp³-hybridized carbons (Fsp3) is 0.218. The second kappa shape index (κ2) is 21.7. The maximum atomic E-state index is 10.0. The predicted molar refractivity (Wildman–Crippen MR) is 353 cm³/mol. The molecule has 8 heteroatoms. The Morgan fingerprint density at radius 2 is 1.13 bits per heavy atom. The van der Waals surface area contributed by atoms with Crippen LogP contribution in [0.25, 0.3) is 87.8 Å². The van der Waals surface area contributed by atoms with Gasteiger partial charge in [-0.3, -0.25) is 0 Å². The summed E-state index contributed by atoms with van der Waals surface area (Å²) >= 11 is 0. The van der Waals surface area contributed by atoms with E-state index in [4.69, 9.17) is 20.7 Å². The first-order valence-corrected chi connectivity index (χ1v) is 29.3. The van der Waals surface area contributed by atoms with Crippen LogP contribution in [0.4, 0.5) is 28.4 Å². The Labute approximate surface area is 523 Å². The predicted octanol–water partition coefficient (Wildman–Crippen LogP) is 21.9. The third-order valence-electron chi connectivity index (χ3n) is 16.2. The number of aromatic nitrogens is 2. The summed E-state index contributed by atoms with van der Waals surface area (Å²) in [7, 11) is 0. The SMILES string of the molecule is [2H]C([2H])(c1cc(-n2c3[c-]c(Oc4[c-]c(N5[CH-]N(c6c(-c7ccccc7)cc(C(C)(C)C)cc6-c6ccccc6)c6ccccc65)ccc4)ccc3c3c4oc5c([N+]#[C-])cccc5c4ccc32)ncc1-c1cc(C(C)(C)C)cc(C(C)(C)C)c1)C(C)(C)C.[Pt]. The number of benzene rings is 9. The summed E-state index contributed by atoms with van der Waals surface area (Å²) in [5, 5.41) is 3.37. The average Bonchev–Trinajstić information content (AvgIpc) is 1.54. The number of furan rings is 1. The van der Waals surface area contributed by atoms with Gasteiger partial charge in [0.2, 0.25) is 5.69 Å². The van der Waals surface area contributed by atoms with Crippen LogP contribution in [0.2, 0.25) is 0 Å². The molecule has 0 spiro atoms. The van der Waals surface area contributed by atoms with Crippen LogP contribution >= 0.6 is 0 Å². The molecule has 0 saturated heterocycles. The van der Waals surface area contributed by atoms with Crippen LogP contribution in [0.15, 0.2) is 193 Å². The number of rotatable bonds is 9. The van der Waals surface area contributed by atoms with E-state index in [9.17, 15) is 2.74 Å². The summed E-state index contributed by atoms with van der Waals surface area (Å²) in [4.78, 5) is 13.6. The molecule has 12 aromatic rings. The Morgan fingerprint density at radius 1 is 0.558 bits per heavy atom. The molecule has 9 aromatic carbocycles. The van der Waals surface area contributed by atoms with Gasteiger partial charge < -0.3 is 23.5 Å². The monoisotopic (exact) mass is 1310 g/mol. The largest absolute Gasteiger partial charge is 0.509 e. The normalized spacial score (nSPS) is 13.5. The molecule has 0 unspecified atom stereocenters. The van der Waals surface area contributed by atoms with Crippen LogP contribution in [0.3, 0.4) is 0 Å². The van der Waals surface area contributed by atoms with Crippen molar-refractivity contribution in [2.45, 2.75) is 106 Å². The van der Waals surface area contributed by atoms with E-state index in [1.165, 1.54) is 16.7 Å². The summed E-state index contributed by atoms with van der Waals surface area (Å²) in [6, 6.07) is 70.2. The first-order valence-electron chi connectivity index (χ1n) is 30.3. The number of para-hydroxylation sites is 3. The Kier molecular flexibility index (Phi) is 13.9. The van der Waals surface area contributed by atoms with Gasteiger partial charge in [0.25, 0.3) is 0 Å². The van der Waals surface area contributed by atoms with Crippen LogP contribution in [0.5, 0.6) is 11.5 Å². The summed E-state index contributed by atoms with van der Waals surface area (Å²) in [5.74, 6) is 1.44. The molecule has 86 heavy (non-hydrogen) atoms. The first kappa shape index (κ1) is 55.2. The molecule has 0 aliphatic carbocycles. The summed E-state index contributed by atoms with van der Waals surface area (Å²) in [6.07, 6.45) is 0.0260. The van der Waals surface area contributed by atoms with Gasteiger partial charge in [0.1, 0.15) is 17.0 Å². The standard InChI is InChI=1S/C78H70N5O2.Pt/c1-75(2,3)46-52-40-70(80-47-64(52)51-38-53(76(4,5)6)41-54(39-51)77(7,8)9)83-68-37-36-60-59-30-23-31-65(79-13)73(59)85-74(60)71(68)61-35-34-58(45-69(61)83)84-57-29-22-28-56(44-57)81-48-82(67-33-21-20-32-66(67)81)72-62(49-24-16-14-17-25-49)42-55(78(10,11)12)43-63(72)50-26-18-15-19-27-50;/h14-43,47-48H,46H2,1-12H3;/q-3;/i46D2;. The summed E-state index contributed by atoms with van der Waals surface area (Å²) in [6.45, 7) is 36.2. The van der Waals surface area contributed by atoms with Crippen LogP contribution in [0.1, 0.15) is 108 Å². The third kappa shape index (κ3) is 10.6. The zero-order valence-corrected chi connectivity index (χ0v) is 53.1. The molecule has 13 rings (SSSR count). The van der Waals surface area contributed by atoms with Gasteiger partial charge in [0.15, 0.2) is 0 Å². The maximum absolute atomic E-state index is 10.0. The van der Waals surface area contributed by atoms with Crippen molar-refractivity contribution in [3.05, 3.63) is 241 Å². The Morgan fingerprint density at radius 3 is 1.74 bits per heavy atom. The number of pyridine rings is 1. The minimum absolute atomic E-state index is 0. The summed E-state index contributed by atoms with van der Waals surface area (Å²) < 4.78 is 35.8. The molecule has 0 amide bonds. The molecule has 7 nitrogen and oxygen atoms in total. The zero-order chi connectivity index (χ0) is 61.1. The minimum Gasteiger partial charge on any atom is -0.509 e. The van der Waals surface area contributed by atoms with Gasteiger partial charge >= 0.3 is 0 Å². The number of hydrogen-bond donors (Lipinski definition) is 0. The fourth-order valence-corrected chi connectivity index (χ4v) is 11.8. The van der Waals surface area contributed by atoms with E-state index < -0.39 is 11.8 Å². The van der Waals surface area contributed by atoms with Gasteiger partial charge in [0.05, 0.1) is 6.57 Å². The molecule has 0 N–H and O–H groups in total. The molecule has 4 heterocycles. The van der Waals surface area contributed by atoms with Crippen LogP contribution in [-0.2, 0) is 43.7 Å². The molecule has 0 saturated carbocycles. The van der Waals surface area contributed by atoms with Crippen molar-refractivity contribution >= 4 is 72.2 Å². The van der Waals surface area contributed by atoms with Crippen molar-refractivity contribution in [2.24, 2.45) is 5.41 Å². The molecule has 3 aromatic heterocycles. The van der Waals surface area contributed by atoms with E-state index in [0.717, 1.165) is 83.2 Å². The number of nitrogens with zero attached hydrogens (tertiary/aromatic N) is 5. The Bertz CT molecular complexity index is 4650. The van der Waals surface area contributed by atoms with Gasteiger partial charge in [-0.15, -0.1) is 42.7 Å². The number of fused-ring (bicyclic) bond motifs is 8.